The molecule has 25 nitrogen and oxygen atoms in total. The summed E-state index contributed by atoms with van der Waals surface area (Å²) in [6, 6.07) is 14.0. The molecule has 27 heteroatoms. The lowest BCUT2D eigenvalue weighted by atomic mass is 10.1. The minimum atomic E-state index is -0.398. The van der Waals surface area contributed by atoms with E-state index < -0.39 is 17.9 Å². The minimum absolute atomic E-state index is 0.0211. The molecule has 0 bridgehead atoms. The van der Waals surface area contributed by atoms with Crippen LogP contribution in [0.1, 0.15) is 73.6 Å². The molecule has 0 atom stereocenters. The van der Waals surface area contributed by atoms with E-state index in [1.807, 2.05) is 38.1 Å². The second kappa shape index (κ2) is 44.9. The Hall–Kier alpha value is -7.48. The van der Waals surface area contributed by atoms with Crippen molar-refractivity contribution in [2.75, 3.05) is 155 Å². The molecule has 4 aromatic rings. The number of azo groups is 2. The van der Waals surface area contributed by atoms with Crippen LogP contribution in [0.4, 0.5) is 49.1 Å². The molecule has 0 amide bonds. The SMILES string of the molecule is O=C1CCC(=O)O1.[C-]#[N+]c1c(N=Nc2ccc(N(CC)CCOCCOCCOCCOCCOC(=O)CCC(C)=O)cc2C)sc(C#N)c1C.[C-]#[N+]c1sc(N=Nc2ccc(N(CC)CCOCCOCCOCCOCCO)cc2C)c([N+]#[C-])c1C. The number of carbonyl (C=O) groups is 4. The van der Waals surface area contributed by atoms with Crippen molar-refractivity contribution in [3.63, 3.8) is 0 Å². The summed E-state index contributed by atoms with van der Waals surface area (Å²) >= 11 is 2.37. The van der Waals surface area contributed by atoms with Crippen LogP contribution in [-0.2, 0) is 66.5 Å². The summed E-state index contributed by atoms with van der Waals surface area (Å²) in [4.78, 5) is 57.6. The van der Waals surface area contributed by atoms with Crippen LogP contribution in [-0.4, -0.2) is 174 Å². The molecule has 0 radical (unpaired) electrons. The van der Waals surface area contributed by atoms with Gasteiger partial charge in [-0.2, -0.15) is 25.7 Å². The Kier molecular flexibility index (Phi) is 38.1. The average Bonchev–Trinajstić information content (AvgIpc) is 2.28. The van der Waals surface area contributed by atoms with Gasteiger partial charge in [-0.25, -0.2) is 14.5 Å². The van der Waals surface area contributed by atoms with E-state index in [0.717, 1.165) is 54.4 Å². The van der Waals surface area contributed by atoms with Crippen LogP contribution in [0.3, 0.4) is 0 Å². The molecule has 1 N–H and O–H groups in total. The van der Waals surface area contributed by atoms with Crippen molar-refractivity contribution in [3.05, 3.63) is 97.8 Å². The smallest absolute Gasteiger partial charge is 0.314 e. The Morgan fingerprint density at radius 3 is 1.36 bits per heavy atom. The maximum Gasteiger partial charge on any atom is 0.314 e. The van der Waals surface area contributed by atoms with Gasteiger partial charge in [0, 0.05) is 44.0 Å². The molecule has 0 spiro atoms. The molecule has 1 aliphatic rings. The molecular formula is C61H80N10O15S2. The van der Waals surface area contributed by atoms with Crippen molar-refractivity contribution in [2.45, 2.75) is 74.1 Å². The highest BCUT2D eigenvalue weighted by Gasteiger charge is 2.20. The number of nitrogens with zero attached hydrogens (tertiary/aromatic N) is 10. The zero-order valence-corrected chi connectivity index (χ0v) is 52.9. The van der Waals surface area contributed by atoms with Crippen LogP contribution in [0, 0.1) is 58.7 Å². The van der Waals surface area contributed by atoms with Crippen LogP contribution in [0.5, 0.6) is 0 Å². The lowest BCUT2D eigenvalue weighted by Crippen LogP contribution is -2.27. The first-order chi connectivity index (χ1) is 42.6. The van der Waals surface area contributed by atoms with Gasteiger partial charge in [-0.15, -0.1) is 22.7 Å². The van der Waals surface area contributed by atoms with Crippen molar-refractivity contribution in [1.29, 1.82) is 5.26 Å². The molecule has 0 unspecified atom stereocenters. The largest absolute Gasteiger partial charge is 0.463 e. The van der Waals surface area contributed by atoms with Gasteiger partial charge in [0.2, 0.25) is 16.4 Å². The normalized spacial score (nSPS) is 11.7. The van der Waals surface area contributed by atoms with Gasteiger partial charge in [-0.1, -0.05) is 6.92 Å². The quantitative estimate of drug-likeness (QED) is 0.0142. The molecule has 476 valence electrons. The van der Waals surface area contributed by atoms with E-state index in [9.17, 15) is 24.4 Å². The van der Waals surface area contributed by atoms with E-state index in [1.54, 1.807) is 13.8 Å². The number of likely N-dealkylation sites (N-methyl/N-ethyl adjacent to an activating group) is 2. The van der Waals surface area contributed by atoms with Gasteiger partial charge in [0.05, 0.1) is 168 Å². The maximum absolute atomic E-state index is 11.4. The zero-order chi connectivity index (χ0) is 64.3. The number of hydrogen-bond acceptors (Lipinski definition) is 24. The number of aryl methyl sites for hydroxylation is 2. The molecule has 1 fully saturated rings. The molecule has 2 aromatic carbocycles. The number of esters is 3. The lowest BCUT2D eigenvalue weighted by Gasteiger charge is -2.23. The summed E-state index contributed by atoms with van der Waals surface area (Å²) in [6.45, 7) is 45.7. The molecule has 88 heavy (non-hydrogen) atoms. The summed E-state index contributed by atoms with van der Waals surface area (Å²) < 4.78 is 52.8. The van der Waals surface area contributed by atoms with Gasteiger partial charge in [0.25, 0.3) is 0 Å². The van der Waals surface area contributed by atoms with Gasteiger partial charge in [0.15, 0.2) is 0 Å². The second-order valence-corrected chi connectivity index (χ2v) is 20.7. The molecule has 0 saturated carbocycles. The number of cyclic esters (lactones) is 2. The van der Waals surface area contributed by atoms with E-state index in [4.69, 9.17) is 67.5 Å². The topological polar surface area (TPSA) is 274 Å². The fourth-order valence-corrected chi connectivity index (χ4v) is 9.27. The predicted octanol–water partition coefficient (Wildman–Crippen LogP) is 11.6. The van der Waals surface area contributed by atoms with Crippen LogP contribution >= 0.6 is 22.7 Å². The minimum Gasteiger partial charge on any atom is -0.463 e. The Morgan fingerprint density at radius 1 is 0.591 bits per heavy atom. The van der Waals surface area contributed by atoms with E-state index in [1.165, 1.54) is 29.6 Å². The van der Waals surface area contributed by atoms with Crippen LogP contribution < -0.4 is 9.80 Å². The highest BCUT2D eigenvalue weighted by Crippen LogP contribution is 2.47. The number of carbonyl (C=O) groups excluding carboxylic acids is 4. The average molecular weight is 1260 g/mol. The number of aliphatic hydroxyl groups excluding tert-OH is 1. The van der Waals surface area contributed by atoms with Crippen molar-refractivity contribution in [3.8, 4) is 6.07 Å². The lowest BCUT2D eigenvalue weighted by molar-refractivity contribution is -0.152. The molecular weight excluding hydrogens is 1180 g/mol. The summed E-state index contributed by atoms with van der Waals surface area (Å²) in [5, 5.41) is 36.5. The van der Waals surface area contributed by atoms with Gasteiger partial charge in [0.1, 0.15) is 28.5 Å². The van der Waals surface area contributed by atoms with Crippen LogP contribution in [0.25, 0.3) is 14.5 Å². The Morgan fingerprint density at radius 2 is 1.00 bits per heavy atom. The Bertz CT molecular complexity index is 3020. The number of nitriles is 1. The van der Waals surface area contributed by atoms with Gasteiger partial charge >= 0.3 is 17.9 Å². The highest BCUT2D eigenvalue weighted by atomic mass is 32.1. The van der Waals surface area contributed by atoms with Gasteiger partial charge in [-0.05, 0) is 100 Å². The van der Waals surface area contributed by atoms with Crippen molar-refractivity contribution < 1.29 is 71.7 Å². The van der Waals surface area contributed by atoms with Crippen molar-refractivity contribution >= 4 is 95.5 Å². The van der Waals surface area contributed by atoms with E-state index in [2.05, 4.69) is 81.6 Å². The second-order valence-electron chi connectivity index (χ2n) is 18.7. The summed E-state index contributed by atoms with van der Waals surface area (Å²) in [5.74, 6) is -1.23. The first kappa shape index (κ1) is 74.8. The zero-order valence-electron chi connectivity index (χ0n) is 51.3. The molecule has 0 aliphatic carbocycles. The highest BCUT2D eigenvalue weighted by molar-refractivity contribution is 7.20. The summed E-state index contributed by atoms with van der Waals surface area (Å²) in [6.07, 6.45) is 0.821. The van der Waals surface area contributed by atoms with Crippen LogP contribution in [0.2, 0.25) is 0 Å². The molecule has 2 aromatic heterocycles. The number of ketones is 1. The Labute approximate surface area is 523 Å². The standard InChI is InChI=1S/C31H41N5O7S.C26H35N5O5S.C4H4O3/c1-6-36(26-8-9-27(23(2)21-26)34-35-31-30(33-5)25(4)28(22-32)44-31)11-12-39-13-14-40-15-16-41-17-18-42-19-20-43-29(38)10-7-24(3)37;1-6-31(9-11-33-13-15-35-17-18-36-16-14-34-12-10-32)22-7-8-23(20(2)19-22)29-30-26-24(27-4)21(3)25(28-5)37-26;5-3-1-2-4(6)7-3/h8-9,21H,6-7,10-20H2,1-4H3;7-8,19,32H,6,9-18H2,1-3H3;1-2H2. The maximum atomic E-state index is 11.4. The van der Waals surface area contributed by atoms with Gasteiger partial charge < -0.3 is 67.1 Å². The van der Waals surface area contributed by atoms with E-state index in [0.29, 0.717) is 147 Å². The first-order valence-electron chi connectivity index (χ1n) is 28.6. The summed E-state index contributed by atoms with van der Waals surface area (Å²) in [7, 11) is 0. The molecule has 1 aliphatic heterocycles. The van der Waals surface area contributed by atoms with Crippen molar-refractivity contribution in [1.82, 2.24) is 0 Å². The number of ether oxygens (including phenoxy) is 10. The monoisotopic (exact) mass is 1260 g/mol. The third kappa shape index (κ3) is 29.0. The Balaban J connectivity index is 0.000000417. The fraction of sp³-hybridized carbons (Fsp3) is 0.541. The molecule has 3 heterocycles. The predicted molar refractivity (Wildman–Crippen MR) is 333 cm³/mol. The third-order valence-electron chi connectivity index (χ3n) is 12.4. The molecule has 1 saturated heterocycles. The third-order valence-corrected chi connectivity index (χ3v) is 14.5. The first-order valence-corrected chi connectivity index (χ1v) is 30.2. The number of rotatable bonds is 40. The number of anilines is 2. The number of thiophene rings is 2. The summed E-state index contributed by atoms with van der Waals surface area (Å²) in [5.41, 5.74) is 7.55. The van der Waals surface area contributed by atoms with Crippen molar-refractivity contribution in [2.24, 2.45) is 20.5 Å². The number of benzene rings is 2. The molecule has 5 rings (SSSR count). The van der Waals surface area contributed by atoms with E-state index >= 15 is 0 Å². The van der Waals surface area contributed by atoms with Crippen LogP contribution in [0.15, 0.2) is 56.9 Å². The fourth-order valence-electron chi connectivity index (χ4n) is 7.55. The number of Topliss-reactive ketones (excluding diaryl/α,β-unsaturated/α-hetero) is 1. The number of hydrogen-bond donors (Lipinski definition) is 1. The van der Waals surface area contributed by atoms with Gasteiger partial charge in [-0.3, -0.25) is 14.4 Å². The van der Waals surface area contributed by atoms with E-state index in [-0.39, 0.29) is 51.3 Å². The number of aliphatic hydroxyl groups is 1.